The van der Waals surface area contributed by atoms with Gasteiger partial charge in [0.25, 0.3) is 0 Å². The predicted molar refractivity (Wildman–Crippen MR) is 65.8 cm³/mol. The van der Waals surface area contributed by atoms with Gasteiger partial charge in [-0.1, -0.05) is 13.8 Å². The van der Waals surface area contributed by atoms with Gasteiger partial charge in [0, 0.05) is 25.6 Å². The van der Waals surface area contributed by atoms with Crippen LogP contribution in [0.1, 0.15) is 44.6 Å². The van der Waals surface area contributed by atoms with Crippen LogP contribution in [-0.2, 0) is 17.7 Å². The minimum Gasteiger partial charge on any atom is -0.448 e. The number of nitrogens with zero attached hydrogens (tertiary/aromatic N) is 1. The average Bonchev–Trinajstić information content (AvgIpc) is 2.95. The van der Waals surface area contributed by atoms with Crippen molar-refractivity contribution in [2.24, 2.45) is 0 Å². The first-order valence-electron chi connectivity index (χ1n) is 6.52. The Kier molecular flexibility index (Phi) is 4.57. The molecule has 2 heterocycles. The van der Waals surface area contributed by atoms with Crippen LogP contribution in [0.4, 0.5) is 0 Å². The molecule has 1 aromatic heterocycles. The molecule has 17 heavy (non-hydrogen) atoms. The van der Waals surface area contributed by atoms with Gasteiger partial charge in [-0.25, -0.2) is 4.98 Å². The molecule has 1 aliphatic heterocycles. The quantitative estimate of drug-likeness (QED) is 0.826. The largest absolute Gasteiger partial charge is 0.448 e. The van der Waals surface area contributed by atoms with Gasteiger partial charge in [0.1, 0.15) is 5.76 Å². The average molecular weight is 238 g/mol. The van der Waals surface area contributed by atoms with Crippen molar-refractivity contribution in [2.45, 2.75) is 58.2 Å². The minimum absolute atomic E-state index is 0.422. The maximum absolute atomic E-state index is 5.61. The Balaban J connectivity index is 1.80. The lowest BCUT2D eigenvalue weighted by Gasteiger charge is -2.09. The monoisotopic (exact) mass is 238 g/mol. The summed E-state index contributed by atoms with van der Waals surface area (Å²) in [6.45, 7) is 5.97. The van der Waals surface area contributed by atoms with E-state index in [1.807, 2.05) is 0 Å². The topological polar surface area (TPSA) is 47.3 Å². The molecule has 1 aromatic rings. The molecule has 0 amide bonds. The van der Waals surface area contributed by atoms with Crippen molar-refractivity contribution >= 4 is 0 Å². The number of hydrogen-bond donors (Lipinski definition) is 1. The second kappa shape index (κ2) is 6.17. The summed E-state index contributed by atoms with van der Waals surface area (Å²) >= 11 is 0. The number of aryl methyl sites for hydroxylation is 1. The molecule has 4 heteroatoms. The Labute approximate surface area is 103 Å². The molecule has 0 spiro atoms. The zero-order valence-electron chi connectivity index (χ0n) is 10.7. The third kappa shape index (κ3) is 3.82. The van der Waals surface area contributed by atoms with E-state index in [4.69, 9.17) is 9.15 Å². The lowest BCUT2D eigenvalue weighted by atomic mass is 10.1. The molecule has 0 saturated carbocycles. The minimum atomic E-state index is 0.422. The molecule has 0 radical (unpaired) electrons. The third-order valence-corrected chi connectivity index (χ3v) is 3.12. The highest BCUT2D eigenvalue weighted by atomic mass is 16.5. The van der Waals surface area contributed by atoms with Gasteiger partial charge in [0.2, 0.25) is 0 Å². The third-order valence-electron chi connectivity index (χ3n) is 3.12. The molecule has 0 aliphatic carbocycles. The Morgan fingerprint density at radius 1 is 1.53 bits per heavy atom. The van der Waals surface area contributed by atoms with Gasteiger partial charge >= 0.3 is 0 Å². The first kappa shape index (κ1) is 12.6. The molecule has 1 aliphatic rings. The summed E-state index contributed by atoms with van der Waals surface area (Å²) in [5, 5.41) is 3.36. The van der Waals surface area contributed by atoms with Crippen molar-refractivity contribution < 1.29 is 9.15 Å². The second-order valence-electron chi connectivity index (χ2n) is 4.93. The van der Waals surface area contributed by atoms with Crippen LogP contribution in [0.3, 0.4) is 0 Å². The first-order valence-corrected chi connectivity index (χ1v) is 6.52. The molecule has 1 N–H and O–H groups in total. The Morgan fingerprint density at radius 3 is 3.12 bits per heavy atom. The molecule has 96 valence electrons. The Bertz CT molecular complexity index is 330. The molecule has 1 atom stereocenters. The summed E-state index contributed by atoms with van der Waals surface area (Å²) < 4.78 is 11.1. The number of rotatable bonds is 6. The van der Waals surface area contributed by atoms with Crippen LogP contribution >= 0.6 is 0 Å². The van der Waals surface area contributed by atoms with Crippen molar-refractivity contribution in [3.8, 4) is 0 Å². The molecule has 4 nitrogen and oxygen atoms in total. The number of aromatic nitrogens is 1. The van der Waals surface area contributed by atoms with Gasteiger partial charge < -0.3 is 14.5 Å². The molecular weight excluding hydrogens is 216 g/mol. The fourth-order valence-electron chi connectivity index (χ4n) is 2.11. The summed E-state index contributed by atoms with van der Waals surface area (Å²) in [4.78, 5) is 4.26. The molecule has 1 saturated heterocycles. The number of hydrogen-bond acceptors (Lipinski definition) is 4. The SMILES string of the molecule is CC(C)NCc1ncoc1CCC1CCCO1. The maximum Gasteiger partial charge on any atom is 0.181 e. The van der Waals surface area contributed by atoms with E-state index in [-0.39, 0.29) is 0 Å². The molecule has 0 bridgehead atoms. The van der Waals surface area contributed by atoms with Crippen LogP contribution in [-0.4, -0.2) is 23.7 Å². The summed E-state index contributed by atoms with van der Waals surface area (Å²) in [6.07, 6.45) is 6.33. The van der Waals surface area contributed by atoms with E-state index in [1.54, 1.807) is 6.39 Å². The van der Waals surface area contributed by atoms with E-state index in [1.165, 1.54) is 12.8 Å². The Hall–Kier alpha value is -0.870. The normalized spacial score (nSPS) is 20.3. The van der Waals surface area contributed by atoms with E-state index in [2.05, 4.69) is 24.1 Å². The molecule has 1 fully saturated rings. The van der Waals surface area contributed by atoms with E-state index in [0.717, 1.165) is 37.4 Å². The highest BCUT2D eigenvalue weighted by molar-refractivity contribution is 5.07. The van der Waals surface area contributed by atoms with Gasteiger partial charge in [0.05, 0.1) is 11.8 Å². The van der Waals surface area contributed by atoms with Crippen LogP contribution in [0.25, 0.3) is 0 Å². The van der Waals surface area contributed by atoms with Gasteiger partial charge in [-0.15, -0.1) is 0 Å². The van der Waals surface area contributed by atoms with Crippen molar-refractivity contribution in [1.29, 1.82) is 0 Å². The second-order valence-corrected chi connectivity index (χ2v) is 4.93. The smallest absolute Gasteiger partial charge is 0.181 e. The summed E-state index contributed by atoms with van der Waals surface area (Å²) in [6, 6.07) is 0.470. The number of oxazole rings is 1. The lowest BCUT2D eigenvalue weighted by molar-refractivity contribution is 0.103. The van der Waals surface area contributed by atoms with Crippen molar-refractivity contribution in [3.63, 3.8) is 0 Å². The van der Waals surface area contributed by atoms with Crippen LogP contribution < -0.4 is 5.32 Å². The van der Waals surface area contributed by atoms with Crippen LogP contribution in [0.15, 0.2) is 10.8 Å². The van der Waals surface area contributed by atoms with Gasteiger partial charge in [-0.05, 0) is 19.3 Å². The number of nitrogens with one attached hydrogen (secondary N) is 1. The Morgan fingerprint density at radius 2 is 2.41 bits per heavy atom. The fourth-order valence-corrected chi connectivity index (χ4v) is 2.11. The van der Waals surface area contributed by atoms with Crippen molar-refractivity contribution in [1.82, 2.24) is 10.3 Å². The van der Waals surface area contributed by atoms with Crippen molar-refractivity contribution in [2.75, 3.05) is 6.61 Å². The van der Waals surface area contributed by atoms with E-state index in [9.17, 15) is 0 Å². The zero-order chi connectivity index (χ0) is 12.1. The van der Waals surface area contributed by atoms with Crippen molar-refractivity contribution in [3.05, 3.63) is 17.8 Å². The van der Waals surface area contributed by atoms with Gasteiger partial charge in [-0.3, -0.25) is 0 Å². The molecule has 0 aromatic carbocycles. The number of ether oxygens (including phenoxy) is 1. The van der Waals surface area contributed by atoms with Crippen LogP contribution in [0.5, 0.6) is 0 Å². The predicted octanol–water partition coefficient (Wildman–Crippen LogP) is 2.28. The lowest BCUT2D eigenvalue weighted by Crippen LogP contribution is -2.22. The fraction of sp³-hybridized carbons (Fsp3) is 0.769. The summed E-state index contributed by atoms with van der Waals surface area (Å²) in [7, 11) is 0. The van der Waals surface area contributed by atoms with Gasteiger partial charge in [-0.2, -0.15) is 0 Å². The standard InChI is InChI=1S/C13H22N2O2/c1-10(2)14-8-12-13(17-9-15-12)6-5-11-4-3-7-16-11/h9-11,14H,3-8H2,1-2H3. The highest BCUT2D eigenvalue weighted by Gasteiger charge is 2.17. The summed E-state index contributed by atoms with van der Waals surface area (Å²) in [5.74, 6) is 1.01. The summed E-state index contributed by atoms with van der Waals surface area (Å²) in [5.41, 5.74) is 1.04. The van der Waals surface area contributed by atoms with Crippen LogP contribution in [0, 0.1) is 0 Å². The molecule has 2 rings (SSSR count). The van der Waals surface area contributed by atoms with E-state index >= 15 is 0 Å². The van der Waals surface area contributed by atoms with Crippen LogP contribution in [0.2, 0.25) is 0 Å². The van der Waals surface area contributed by atoms with Gasteiger partial charge in [0.15, 0.2) is 6.39 Å². The molecule has 1 unspecified atom stereocenters. The zero-order valence-corrected chi connectivity index (χ0v) is 10.7. The molecular formula is C13H22N2O2. The van der Waals surface area contributed by atoms with E-state index in [0.29, 0.717) is 12.1 Å². The maximum atomic E-state index is 5.61. The van der Waals surface area contributed by atoms with E-state index < -0.39 is 0 Å². The first-order chi connectivity index (χ1) is 8.25. The highest BCUT2D eigenvalue weighted by Crippen LogP contribution is 2.19.